The summed E-state index contributed by atoms with van der Waals surface area (Å²) in [5, 5.41) is 8.89. The fraction of sp³-hybridized carbons (Fsp3) is 0.267. The van der Waals surface area contributed by atoms with Crippen molar-refractivity contribution in [2.24, 2.45) is 0 Å². The summed E-state index contributed by atoms with van der Waals surface area (Å²) in [5.41, 5.74) is 2.63. The highest BCUT2D eigenvalue weighted by Gasteiger charge is 2.07. The monoisotopic (exact) mass is 272 g/mol. The van der Waals surface area contributed by atoms with Crippen LogP contribution in [0.3, 0.4) is 0 Å². The van der Waals surface area contributed by atoms with Gasteiger partial charge in [0.2, 0.25) is 0 Å². The number of carboxylic acids is 1. The number of carboxylic acid groups (broad SMARTS) is 1. The molecule has 1 N–H and O–H groups in total. The van der Waals surface area contributed by atoms with Crippen LogP contribution >= 0.6 is 0 Å². The minimum atomic E-state index is -1.04. The quantitative estimate of drug-likeness (QED) is 0.905. The van der Waals surface area contributed by atoms with Gasteiger partial charge in [0.05, 0.1) is 5.69 Å². The molecule has 5 heteroatoms. The van der Waals surface area contributed by atoms with Gasteiger partial charge in [-0.15, -0.1) is 0 Å². The van der Waals surface area contributed by atoms with E-state index in [1.807, 2.05) is 26.0 Å². The van der Waals surface area contributed by atoms with Crippen LogP contribution in [0.4, 0.5) is 0 Å². The number of pyridine rings is 2. The number of aromatic carboxylic acids is 1. The highest BCUT2D eigenvalue weighted by Crippen LogP contribution is 2.19. The second-order valence-corrected chi connectivity index (χ2v) is 4.39. The van der Waals surface area contributed by atoms with Crippen molar-refractivity contribution in [2.45, 2.75) is 26.9 Å². The molecule has 2 aromatic heterocycles. The van der Waals surface area contributed by atoms with Gasteiger partial charge >= 0.3 is 5.97 Å². The van der Waals surface area contributed by atoms with Crippen LogP contribution in [-0.4, -0.2) is 21.0 Å². The fourth-order valence-electron chi connectivity index (χ4n) is 1.82. The van der Waals surface area contributed by atoms with E-state index in [2.05, 4.69) is 9.97 Å². The molecule has 104 valence electrons. The molecule has 0 unspecified atom stereocenters. The molecule has 0 aromatic carbocycles. The first-order valence-corrected chi connectivity index (χ1v) is 6.37. The van der Waals surface area contributed by atoms with E-state index in [4.69, 9.17) is 9.84 Å². The topological polar surface area (TPSA) is 72.3 Å². The maximum absolute atomic E-state index is 10.9. The van der Waals surface area contributed by atoms with Gasteiger partial charge < -0.3 is 9.84 Å². The van der Waals surface area contributed by atoms with Crippen molar-refractivity contribution in [3.63, 3.8) is 0 Å². The van der Waals surface area contributed by atoms with Crippen LogP contribution in [0.5, 0.6) is 5.75 Å². The van der Waals surface area contributed by atoms with Gasteiger partial charge in [-0.1, -0.05) is 6.92 Å². The maximum atomic E-state index is 10.9. The van der Waals surface area contributed by atoms with Gasteiger partial charge in [0.15, 0.2) is 0 Å². The van der Waals surface area contributed by atoms with Crippen LogP contribution in [0.1, 0.15) is 34.4 Å². The molecule has 2 rings (SSSR count). The molecule has 0 aliphatic carbocycles. The molecular formula is C15H16N2O3. The number of rotatable bonds is 5. The second kappa shape index (κ2) is 6.14. The molecule has 0 bridgehead atoms. The summed E-state index contributed by atoms with van der Waals surface area (Å²) < 4.78 is 5.72. The zero-order valence-electron chi connectivity index (χ0n) is 11.5. The Bertz CT molecular complexity index is 626. The summed E-state index contributed by atoms with van der Waals surface area (Å²) in [4.78, 5) is 19.0. The lowest BCUT2D eigenvalue weighted by molar-refractivity contribution is 0.0690. The first-order chi connectivity index (χ1) is 9.60. The first kappa shape index (κ1) is 14.0. The molecule has 20 heavy (non-hydrogen) atoms. The van der Waals surface area contributed by atoms with Crippen molar-refractivity contribution in [3.8, 4) is 5.75 Å². The summed E-state index contributed by atoms with van der Waals surface area (Å²) in [6.45, 7) is 4.25. The van der Waals surface area contributed by atoms with Crippen LogP contribution in [0, 0.1) is 6.92 Å². The van der Waals surface area contributed by atoms with Crippen molar-refractivity contribution in [3.05, 3.63) is 53.1 Å². The molecule has 0 saturated heterocycles. The van der Waals surface area contributed by atoms with E-state index in [1.54, 1.807) is 6.07 Å². The van der Waals surface area contributed by atoms with Crippen molar-refractivity contribution in [1.29, 1.82) is 0 Å². The van der Waals surface area contributed by atoms with Crippen molar-refractivity contribution < 1.29 is 14.6 Å². The molecule has 0 amide bonds. The van der Waals surface area contributed by atoms with Gasteiger partial charge in [-0.05, 0) is 43.2 Å². The lowest BCUT2D eigenvalue weighted by Crippen LogP contribution is -2.04. The maximum Gasteiger partial charge on any atom is 0.354 e. The normalized spacial score (nSPS) is 10.3. The Kier molecular flexibility index (Phi) is 4.30. The van der Waals surface area contributed by atoms with Gasteiger partial charge in [-0.25, -0.2) is 9.78 Å². The highest BCUT2D eigenvalue weighted by atomic mass is 16.5. The average Bonchev–Trinajstić information content (AvgIpc) is 2.46. The van der Waals surface area contributed by atoms with E-state index in [-0.39, 0.29) is 5.69 Å². The summed E-state index contributed by atoms with van der Waals surface area (Å²) >= 11 is 0. The number of ether oxygens (including phenoxy) is 1. The molecule has 0 aliphatic heterocycles. The number of aryl methyl sites for hydroxylation is 2. The van der Waals surface area contributed by atoms with Crippen LogP contribution in [0.2, 0.25) is 0 Å². The molecule has 0 atom stereocenters. The molecule has 2 aromatic rings. The average molecular weight is 272 g/mol. The Labute approximate surface area is 117 Å². The largest absolute Gasteiger partial charge is 0.487 e. The molecule has 0 saturated carbocycles. The van der Waals surface area contributed by atoms with Crippen LogP contribution in [-0.2, 0) is 13.0 Å². The molecule has 0 radical (unpaired) electrons. The smallest absolute Gasteiger partial charge is 0.354 e. The van der Waals surface area contributed by atoms with Crippen molar-refractivity contribution >= 4 is 5.97 Å². The number of carbonyl (C=O) groups is 1. The zero-order valence-corrected chi connectivity index (χ0v) is 11.5. The Morgan fingerprint density at radius 1 is 1.35 bits per heavy atom. The molecule has 0 aliphatic rings. The molecule has 0 spiro atoms. The number of nitrogens with zero attached hydrogens (tertiary/aromatic N) is 2. The predicted octanol–water partition coefficient (Wildman–Crippen LogP) is 2.62. The Morgan fingerprint density at radius 2 is 2.15 bits per heavy atom. The van der Waals surface area contributed by atoms with Crippen LogP contribution in [0.15, 0.2) is 30.5 Å². The SMILES string of the molecule is CCc1nc(C)ccc1OCc1ccnc(C(=O)O)c1. The van der Waals surface area contributed by atoms with E-state index in [0.29, 0.717) is 6.61 Å². The van der Waals surface area contributed by atoms with Gasteiger partial charge in [0, 0.05) is 11.9 Å². The minimum Gasteiger partial charge on any atom is -0.487 e. The molecule has 2 heterocycles. The van der Waals surface area contributed by atoms with Crippen LogP contribution < -0.4 is 4.74 Å². The zero-order chi connectivity index (χ0) is 14.5. The second-order valence-electron chi connectivity index (χ2n) is 4.39. The summed E-state index contributed by atoms with van der Waals surface area (Å²) in [6.07, 6.45) is 2.25. The fourth-order valence-corrected chi connectivity index (χ4v) is 1.82. The first-order valence-electron chi connectivity index (χ1n) is 6.37. The van der Waals surface area contributed by atoms with Gasteiger partial charge in [0.1, 0.15) is 18.1 Å². The Hall–Kier alpha value is -2.43. The van der Waals surface area contributed by atoms with E-state index in [0.717, 1.165) is 29.1 Å². The van der Waals surface area contributed by atoms with Crippen LogP contribution in [0.25, 0.3) is 0 Å². The molecule has 0 fully saturated rings. The van der Waals surface area contributed by atoms with Crippen molar-refractivity contribution in [1.82, 2.24) is 9.97 Å². The number of hydrogen-bond donors (Lipinski definition) is 1. The summed E-state index contributed by atoms with van der Waals surface area (Å²) in [5.74, 6) is -0.315. The Balaban J connectivity index is 2.12. The third-order valence-corrected chi connectivity index (χ3v) is 2.84. The number of hydrogen-bond acceptors (Lipinski definition) is 4. The van der Waals surface area contributed by atoms with Crippen molar-refractivity contribution in [2.75, 3.05) is 0 Å². The summed E-state index contributed by atoms with van der Waals surface area (Å²) in [6, 6.07) is 7.03. The van der Waals surface area contributed by atoms with E-state index in [1.165, 1.54) is 12.3 Å². The molecule has 5 nitrogen and oxygen atoms in total. The predicted molar refractivity (Wildman–Crippen MR) is 73.9 cm³/mol. The van der Waals surface area contributed by atoms with E-state index < -0.39 is 5.97 Å². The molecular weight excluding hydrogens is 256 g/mol. The summed E-state index contributed by atoms with van der Waals surface area (Å²) in [7, 11) is 0. The standard InChI is InChI=1S/C15H16N2O3/c1-3-12-14(5-4-10(2)17-12)20-9-11-6-7-16-13(8-11)15(18)19/h4-8H,3,9H2,1-2H3,(H,18,19). The Morgan fingerprint density at radius 3 is 2.85 bits per heavy atom. The third kappa shape index (κ3) is 3.32. The minimum absolute atomic E-state index is 0.0175. The van der Waals surface area contributed by atoms with Gasteiger partial charge in [-0.3, -0.25) is 4.98 Å². The third-order valence-electron chi connectivity index (χ3n) is 2.84. The lowest BCUT2D eigenvalue weighted by Gasteiger charge is -2.10. The van der Waals surface area contributed by atoms with E-state index >= 15 is 0 Å². The van der Waals surface area contributed by atoms with E-state index in [9.17, 15) is 4.79 Å². The lowest BCUT2D eigenvalue weighted by atomic mass is 10.2. The van der Waals surface area contributed by atoms with Gasteiger partial charge in [0.25, 0.3) is 0 Å². The number of aromatic nitrogens is 2. The van der Waals surface area contributed by atoms with Gasteiger partial charge in [-0.2, -0.15) is 0 Å². The highest BCUT2D eigenvalue weighted by molar-refractivity contribution is 5.85.